The molecule has 1 amide bonds. The van der Waals surface area contributed by atoms with Crippen molar-refractivity contribution >= 4 is 5.91 Å². The van der Waals surface area contributed by atoms with Crippen molar-refractivity contribution in [2.45, 2.75) is 6.18 Å². The van der Waals surface area contributed by atoms with Crippen molar-refractivity contribution in [3.63, 3.8) is 0 Å². The van der Waals surface area contributed by atoms with E-state index < -0.39 is 17.8 Å². The minimum Gasteiger partial charge on any atom is -0.366 e. The summed E-state index contributed by atoms with van der Waals surface area (Å²) in [6.45, 7) is 0. The Morgan fingerprint density at radius 1 is 1.24 bits per heavy atom. The number of alkyl halides is 3. The Balaban J connectivity index is 2.71. The fourth-order valence-electron chi connectivity index (χ4n) is 1.80. The number of pyridine rings is 1. The molecule has 1 heterocycles. The SMILES string of the molecule is N#Cc1cc(-c2ccccc2C(N)=O)nc(C(F)(F)F)c1. The minimum absolute atomic E-state index is 0.0354. The van der Waals surface area contributed by atoms with E-state index >= 15 is 0 Å². The van der Waals surface area contributed by atoms with Crippen molar-refractivity contribution in [2.24, 2.45) is 5.73 Å². The van der Waals surface area contributed by atoms with Gasteiger partial charge in [0.25, 0.3) is 0 Å². The second-order valence-electron chi connectivity index (χ2n) is 4.15. The molecule has 0 fully saturated rings. The summed E-state index contributed by atoms with van der Waals surface area (Å²) in [6, 6.07) is 9.34. The molecule has 4 nitrogen and oxygen atoms in total. The number of hydrogen-bond donors (Lipinski definition) is 1. The molecule has 0 radical (unpaired) electrons. The summed E-state index contributed by atoms with van der Waals surface area (Å²) in [5, 5.41) is 8.84. The van der Waals surface area contributed by atoms with Crippen LogP contribution in [0.4, 0.5) is 13.2 Å². The molecule has 0 unspecified atom stereocenters. The first kappa shape index (κ1) is 14.5. The molecular formula is C14H8F3N3O. The second-order valence-corrected chi connectivity index (χ2v) is 4.15. The highest BCUT2D eigenvalue weighted by molar-refractivity contribution is 5.99. The number of aromatic nitrogens is 1. The van der Waals surface area contributed by atoms with Crippen molar-refractivity contribution in [2.75, 3.05) is 0 Å². The molecule has 106 valence electrons. The highest BCUT2D eigenvalue weighted by atomic mass is 19.4. The number of carbonyl (C=O) groups is 1. The summed E-state index contributed by atoms with van der Waals surface area (Å²) in [6.07, 6.45) is -4.69. The Hall–Kier alpha value is -2.88. The number of nitrogens with two attached hydrogens (primary N) is 1. The molecule has 0 saturated carbocycles. The number of rotatable bonds is 2. The van der Waals surface area contributed by atoms with E-state index in [1.54, 1.807) is 6.07 Å². The zero-order valence-electron chi connectivity index (χ0n) is 10.5. The molecule has 0 saturated heterocycles. The molecule has 0 atom stereocenters. The van der Waals surface area contributed by atoms with Gasteiger partial charge < -0.3 is 5.73 Å². The highest BCUT2D eigenvalue weighted by Gasteiger charge is 2.33. The quantitative estimate of drug-likeness (QED) is 0.923. The molecule has 2 aromatic rings. The van der Waals surface area contributed by atoms with E-state index in [2.05, 4.69) is 4.98 Å². The normalized spacial score (nSPS) is 11.0. The average molecular weight is 291 g/mol. The van der Waals surface area contributed by atoms with Crippen molar-refractivity contribution in [1.82, 2.24) is 4.98 Å². The van der Waals surface area contributed by atoms with E-state index in [4.69, 9.17) is 11.0 Å². The number of benzene rings is 1. The molecule has 2 N–H and O–H groups in total. The van der Waals surface area contributed by atoms with Crippen molar-refractivity contribution < 1.29 is 18.0 Å². The van der Waals surface area contributed by atoms with Gasteiger partial charge in [-0.15, -0.1) is 0 Å². The predicted molar refractivity (Wildman–Crippen MR) is 67.9 cm³/mol. The lowest BCUT2D eigenvalue weighted by atomic mass is 10.0. The molecule has 0 bridgehead atoms. The van der Waals surface area contributed by atoms with E-state index in [1.165, 1.54) is 30.3 Å². The lowest BCUT2D eigenvalue weighted by molar-refractivity contribution is -0.141. The Bertz CT molecular complexity index is 748. The monoisotopic (exact) mass is 291 g/mol. The molecular weight excluding hydrogens is 283 g/mol. The van der Waals surface area contributed by atoms with E-state index in [1.807, 2.05) is 0 Å². The summed E-state index contributed by atoms with van der Waals surface area (Å²) in [4.78, 5) is 14.8. The van der Waals surface area contributed by atoms with Gasteiger partial charge in [-0.2, -0.15) is 18.4 Å². The topological polar surface area (TPSA) is 79.8 Å². The number of amides is 1. The van der Waals surface area contributed by atoms with E-state index in [9.17, 15) is 18.0 Å². The van der Waals surface area contributed by atoms with Gasteiger partial charge in [0.05, 0.1) is 17.3 Å². The average Bonchev–Trinajstić information content (AvgIpc) is 2.45. The molecule has 0 aliphatic carbocycles. The van der Waals surface area contributed by atoms with Gasteiger partial charge in [-0.25, -0.2) is 4.98 Å². The van der Waals surface area contributed by atoms with Gasteiger partial charge in [0, 0.05) is 11.1 Å². The van der Waals surface area contributed by atoms with Crippen LogP contribution in [0.25, 0.3) is 11.3 Å². The number of halogens is 3. The third kappa shape index (κ3) is 3.00. The van der Waals surface area contributed by atoms with Crippen LogP contribution in [0, 0.1) is 11.3 Å². The number of carbonyl (C=O) groups excluding carboxylic acids is 1. The maximum absolute atomic E-state index is 12.8. The second kappa shape index (κ2) is 5.25. The molecule has 0 aliphatic rings. The van der Waals surface area contributed by atoms with Crippen LogP contribution in [0.3, 0.4) is 0 Å². The van der Waals surface area contributed by atoms with Crippen molar-refractivity contribution in [3.8, 4) is 17.3 Å². The largest absolute Gasteiger partial charge is 0.433 e. The Labute approximate surface area is 117 Å². The van der Waals surface area contributed by atoms with Gasteiger partial charge in [0.15, 0.2) is 0 Å². The van der Waals surface area contributed by atoms with Gasteiger partial charge in [-0.05, 0) is 18.2 Å². The molecule has 1 aromatic heterocycles. The van der Waals surface area contributed by atoms with Crippen molar-refractivity contribution in [1.29, 1.82) is 5.26 Å². The third-order valence-electron chi connectivity index (χ3n) is 2.71. The van der Waals surface area contributed by atoms with Crippen LogP contribution >= 0.6 is 0 Å². The Kier molecular flexibility index (Phi) is 3.63. The predicted octanol–water partition coefficient (Wildman–Crippen LogP) is 2.74. The standard InChI is InChI=1S/C14H8F3N3O/c15-14(16,17)12-6-8(7-18)5-11(20-12)9-3-1-2-4-10(9)13(19)21/h1-6H,(H2,19,21). The van der Waals surface area contributed by atoms with E-state index in [-0.39, 0.29) is 22.4 Å². The molecule has 21 heavy (non-hydrogen) atoms. The van der Waals surface area contributed by atoms with Crippen LogP contribution < -0.4 is 5.73 Å². The molecule has 2 rings (SSSR count). The fourth-order valence-corrected chi connectivity index (χ4v) is 1.80. The summed E-state index contributed by atoms with van der Waals surface area (Å²) in [5.74, 6) is -0.789. The first-order chi connectivity index (χ1) is 9.82. The number of nitrogens with zero attached hydrogens (tertiary/aromatic N) is 2. The van der Waals surface area contributed by atoms with Gasteiger partial charge in [0.2, 0.25) is 5.91 Å². The summed E-state index contributed by atoms with van der Waals surface area (Å²) in [7, 11) is 0. The lowest BCUT2D eigenvalue weighted by Gasteiger charge is -2.10. The highest BCUT2D eigenvalue weighted by Crippen LogP contribution is 2.31. The van der Waals surface area contributed by atoms with Crippen LogP contribution in [-0.4, -0.2) is 10.9 Å². The number of hydrogen-bond acceptors (Lipinski definition) is 3. The van der Waals surface area contributed by atoms with E-state index in [0.717, 1.165) is 0 Å². The zero-order valence-corrected chi connectivity index (χ0v) is 10.5. The molecule has 0 aliphatic heterocycles. The van der Waals surface area contributed by atoms with Gasteiger partial charge >= 0.3 is 6.18 Å². The summed E-state index contributed by atoms with van der Waals surface area (Å²) < 4.78 is 38.4. The molecule has 7 heteroatoms. The van der Waals surface area contributed by atoms with Crippen molar-refractivity contribution in [3.05, 3.63) is 53.2 Å². The smallest absolute Gasteiger partial charge is 0.366 e. The number of primary amides is 1. The van der Waals surface area contributed by atoms with Gasteiger partial charge in [-0.3, -0.25) is 4.79 Å². The first-order valence-corrected chi connectivity index (χ1v) is 5.71. The number of nitriles is 1. The van der Waals surface area contributed by atoms with Crippen LogP contribution in [0.5, 0.6) is 0 Å². The van der Waals surface area contributed by atoms with Gasteiger partial charge in [0.1, 0.15) is 5.69 Å². The van der Waals surface area contributed by atoms with E-state index in [0.29, 0.717) is 6.07 Å². The maximum atomic E-state index is 12.8. The maximum Gasteiger partial charge on any atom is 0.433 e. The van der Waals surface area contributed by atoms with Crippen LogP contribution in [-0.2, 0) is 6.18 Å². The minimum atomic E-state index is -4.69. The first-order valence-electron chi connectivity index (χ1n) is 5.71. The zero-order chi connectivity index (χ0) is 15.6. The molecule has 0 spiro atoms. The third-order valence-corrected chi connectivity index (χ3v) is 2.71. The van der Waals surface area contributed by atoms with Crippen LogP contribution in [0.15, 0.2) is 36.4 Å². The Morgan fingerprint density at radius 2 is 1.90 bits per heavy atom. The lowest BCUT2D eigenvalue weighted by Crippen LogP contribution is -2.13. The summed E-state index contributed by atoms with van der Waals surface area (Å²) in [5.41, 5.74) is 3.84. The fraction of sp³-hybridized carbons (Fsp3) is 0.0714. The summed E-state index contributed by atoms with van der Waals surface area (Å²) >= 11 is 0. The van der Waals surface area contributed by atoms with Crippen LogP contribution in [0.2, 0.25) is 0 Å². The molecule has 1 aromatic carbocycles. The van der Waals surface area contributed by atoms with Crippen LogP contribution in [0.1, 0.15) is 21.6 Å². The Morgan fingerprint density at radius 3 is 2.48 bits per heavy atom. The van der Waals surface area contributed by atoms with Gasteiger partial charge in [-0.1, -0.05) is 18.2 Å².